The molecule has 3 aromatic rings. The molecule has 0 aliphatic heterocycles. The number of hydrogen-bond acceptors (Lipinski definition) is 2. The predicted molar refractivity (Wildman–Crippen MR) is 89.9 cm³/mol. The maximum atomic E-state index is 12.1. The lowest BCUT2D eigenvalue weighted by Crippen LogP contribution is -2.11. The van der Waals surface area contributed by atoms with E-state index in [2.05, 4.69) is 10.1 Å². The van der Waals surface area contributed by atoms with Gasteiger partial charge in [-0.25, -0.2) is 9.67 Å². The van der Waals surface area contributed by atoms with Crippen molar-refractivity contribution in [2.75, 3.05) is 0 Å². The van der Waals surface area contributed by atoms with E-state index in [9.17, 15) is 4.79 Å². The molecule has 2 aromatic carbocycles. The highest BCUT2D eigenvalue weighted by Crippen LogP contribution is 2.22. The average Bonchev–Trinajstić information content (AvgIpc) is 2.59. The molecule has 0 atom stereocenters. The number of nitrogens with zero attached hydrogens (tertiary/aromatic N) is 3. The third-order valence-corrected chi connectivity index (χ3v) is 3.86. The van der Waals surface area contributed by atoms with Crippen molar-refractivity contribution in [2.24, 2.45) is 4.99 Å². The molecule has 6 heteroatoms. The van der Waals surface area contributed by atoms with Gasteiger partial charge in [0.05, 0.1) is 27.3 Å². The Kier molecular flexibility index (Phi) is 4.55. The second-order valence-corrected chi connectivity index (χ2v) is 5.53. The van der Waals surface area contributed by atoms with E-state index in [0.717, 1.165) is 5.69 Å². The minimum atomic E-state index is -0.400. The zero-order valence-corrected chi connectivity index (χ0v) is 13.4. The molecule has 1 aromatic heterocycles. The Morgan fingerprint density at radius 3 is 2.43 bits per heavy atom. The van der Waals surface area contributed by atoms with Gasteiger partial charge in [0.15, 0.2) is 0 Å². The average molecular weight is 344 g/mol. The maximum Gasteiger partial charge on any atom is 0.277 e. The lowest BCUT2D eigenvalue weighted by molar-refractivity contribution is 0.0998. The summed E-state index contributed by atoms with van der Waals surface area (Å²) in [5, 5.41) is 5.43. The smallest absolute Gasteiger partial charge is 0.267 e. The quantitative estimate of drug-likeness (QED) is 0.707. The van der Waals surface area contributed by atoms with Crippen LogP contribution in [0.25, 0.3) is 5.69 Å². The number of carbonyl (C=O) groups is 1. The van der Waals surface area contributed by atoms with Gasteiger partial charge >= 0.3 is 0 Å². The SMILES string of the molecule is O=C(N=c1ccn(-c2ccccc2)nc1)c1ccc(Cl)c(Cl)c1. The molecule has 23 heavy (non-hydrogen) atoms. The maximum absolute atomic E-state index is 12.1. The van der Waals surface area contributed by atoms with Crippen molar-refractivity contribution in [2.45, 2.75) is 0 Å². The standard InChI is InChI=1S/C17H11Cl2N3O/c18-15-7-6-12(10-16(15)19)17(23)21-13-8-9-22(20-11-13)14-4-2-1-3-5-14/h1-11H. The number of halogens is 2. The second-order valence-electron chi connectivity index (χ2n) is 4.71. The highest BCUT2D eigenvalue weighted by molar-refractivity contribution is 6.42. The summed E-state index contributed by atoms with van der Waals surface area (Å²) in [4.78, 5) is 16.1. The first kappa shape index (κ1) is 15.5. The molecule has 0 aliphatic carbocycles. The van der Waals surface area contributed by atoms with E-state index in [1.807, 2.05) is 30.3 Å². The fraction of sp³-hybridized carbons (Fsp3) is 0. The molecular formula is C17H11Cl2N3O. The van der Waals surface area contributed by atoms with Crippen molar-refractivity contribution in [3.8, 4) is 5.69 Å². The van der Waals surface area contributed by atoms with Crippen LogP contribution in [0.3, 0.4) is 0 Å². The van der Waals surface area contributed by atoms with Gasteiger partial charge in [0.25, 0.3) is 5.91 Å². The Morgan fingerprint density at radius 1 is 1.00 bits per heavy atom. The van der Waals surface area contributed by atoms with E-state index in [1.54, 1.807) is 29.1 Å². The summed E-state index contributed by atoms with van der Waals surface area (Å²) < 4.78 is 1.70. The molecule has 0 spiro atoms. The van der Waals surface area contributed by atoms with Gasteiger partial charge in [-0.1, -0.05) is 41.4 Å². The lowest BCUT2D eigenvalue weighted by Gasteiger charge is -2.03. The Balaban J connectivity index is 1.88. The van der Waals surface area contributed by atoms with Crippen LogP contribution < -0.4 is 5.36 Å². The van der Waals surface area contributed by atoms with E-state index in [4.69, 9.17) is 23.2 Å². The van der Waals surface area contributed by atoms with Gasteiger partial charge in [0, 0.05) is 11.8 Å². The van der Waals surface area contributed by atoms with Crippen molar-refractivity contribution in [1.82, 2.24) is 9.78 Å². The van der Waals surface area contributed by atoms with Crippen LogP contribution in [0.15, 0.2) is 72.0 Å². The van der Waals surface area contributed by atoms with Crippen molar-refractivity contribution in [3.63, 3.8) is 0 Å². The number of hydrogen-bond donors (Lipinski definition) is 0. The Morgan fingerprint density at radius 2 is 1.78 bits per heavy atom. The van der Waals surface area contributed by atoms with Gasteiger partial charge in [0.2, 0.25) is 0 Å². The molecule has 4 nitrogen and oxygen atoms in total. The third kappa shape index (κ3) is 3.67. The number of aromatic nitrogens is 2. The third-order valence-electron chi connectivity index (χ3n) is 3.12. The van der Waals surface area contributed by atoms with E-state index in [0.29, 0.717) is 21.0 Å². The van der Waals surface area contributed by atoms with E-state index in [-0.39, 0.29) is 0 Å². The molecule has 0 radical (unpaired) electrons. The zero-order chi connectivity index (χ0) is 16.2. The van der Waals surface area contributed by atoms with Crippen LogP contribution in [0, 0.1) is 0 Å². The van der Waals surface area contributed by atoms with E-state index < -0.39 is 5.91 Å². The Labute approximate surface area is 142 Å². The number of amides is 1. The van der Waals surface area contributed by atoms with Crippen LogP contribution in [-0.4, -0.2) is 15.7 Å². The van der Waals surface area contributed by atoms with Crippen LogP contribution in [-0.2, 0) is 0 Å². The molecule has 0 bridgehead atoms. The molecule has 1 heterocycles. The van der Waals surface area contributed by atoms with Crippen molar-refractivity contribution in [3.05, 3.63) is 88.0 Å². The van der Waals surface area contributed by atoms with Crippen LogP contribution in [0.2, 0.25) is 10.0 Å². The molecule has 0 N–H and O–H groups in total. The van der Waals surface area contributed by atoms with Gasteiger partial charge in [-0.3, -0.25) is 4.79 Å². The number of rotatable bonds is 2. The Bertz CT molecular complexity index is 900. The fourth-order valence-corrected chi connectivity index (χ4v) is 2.26. The van der Waals surface area contributed by atoms with Crippen molar-refractivity contribution < 1.29 is 4.79 Å². The molecular weight excluding hydrogens is 333 g/mol. The van der Waals surface area contributed by atoms with Crippen LogP contribution in [0.5, 0.6) is 0 Å². The van der Waals surface area contributed by atoms with Crippen molar-refractivity contribution >= 4 is 29.1 Å². The normalized spacial score (nSPS) is 11.5. The predicted octanol–water partition coefficient (Wildman–Crippen LogP) is 3.92. The van der Waals surface area contributed by atoms with Gasteiger partial charge in [0.1, 0.15) is 0 Å². The highest BCUT2D eigenvalue weighted by Gasteiger charge is 2.06. The fourth-order valence-electron chi connectivity index (χ4n) is 1.96. The minimum Gasteiger partial charge on any atom is -0.267 e. The van der Waals surface area contributed by atoms with E-state index >= 15 is 0 Å². The monoisotopic (exact) mass is 343 g/mol. The first-order valence-corrected chi connectivity index (χ1v) is 7.53. The number of benzene rings is 2. The molecule has 0 fully saturated rings. The van der Waals surface area contributed by atoms with Gasteiger partial charge < -0.3 is 0 Å². The topological polar surface area (TPSA) is 47.2 Å². The molecule has 3 rings (SSSR count). The van der Waals surface area contributed by atoms with Gasteiger partial charge in [-0.2, -0.15) is 5.10 Å². The van der Waals surface area contributed by atoms with Crippen LogP contribution in [0.4, 0.5) is 0 Å². The molecule has 1 amide bonds. The van der Waals surface area contributed by atoms with Crippen LogP contribution in [0.1, 0.15) is 10.4 Å². The van der Waals surface area contributed by atoms with Crippen LogP contribution >= 0.6 is 23.2 Å². The lowest BCUT2D eigenvalue weighted by atomic mass is 10.2. The first-order chi connectivity index (χ1) is 11.1. The zero-order valence-electron chi connectivity index (χ0n) is 11.9. The largest absolute Gasteiger partial charge is 0.277 e. The first-order valence-electron chi connectivity index (χ1n) is 6.78. The molecule has 0 saturated carbocycles. The van der Waals surface area contributed by atoms with Gasteiger partial charge in [-0.05, 0) is 36.4 Å². The Hall–Kier alpha value is -2.43. The minimum absolute atomic E-state index is 0.320. The summed E-state index contributed by atoms with van der Waals surface area (Å²) >= 11 is 11.7. The van der Waals surface area contributed by atoms with Gasteiger partial charge in [-0.15, -0.1) is 0 Å². The summed E-state index contributed by atoms with van der Waals surface area (Å²) in [7, 11) is 0. The summed E-state index contributed by atoms with van der Waals surface area (Å²) in [6.45, 7) is 0. The highest BCUT2D eigenvalue weighted by atomic mass is 35.5. The summed E-state index contributed by atoms with van der Waals surface area (Å²) in [5.74, 6) is -0.400. The summed E-state index contributed by atoms with van der Waals surface area (Å²) in [6, 6.07) is 16.0. The number of para-hydroxylation sites is 1. The number of carbonyl (C=O) groups excluding carboxylic acids is 1. The molecule has 0 aliphatic rings. The van der Waals surface area contributed by atoms with Crippen molar-refractivity contribution in [1.29, 1.82) is 0 Å². The molecule has 0 unspecified atom stereocenters. The molecule has 0 saturated heterocycles. The summed E-state index contributed by atoms with van der Waals surface area (Å²) in [5.41, 5.74) is 1.30. The molecule has 114 valence electrons. The van der Waals surface area contributed by atoms with E-state index in [1.165, 1.54) is 12.3 Å². The summed E-state index contributed by atoms with van der Waals surface area (Å²) in [6.07, 6.45) is 3.28. The second kappa shape index (κ2) is 6.77.